The number of methoxy groups -OCH3 is 1. The molecule has 3 aromatic rings. The summed E-state index contributed by atoms with van der Waals surface area (Å²) < 4.78 is 7.58. The number of amides is 1. The van der Waals surface area contributed by atoms with Crippen molar-refractivity contribution in [1.29, 1.82) is 0 Å². The zero-order valence-corrected chi connectivity index (χ0v) is 21.7. The number of nitrogens with zero attached hydrogens (tertiary/aromatic N) is 2. The number of aryl methyl sites for hydroxylation is 2. The zero-order chi connectivity index (χ0) is 24.7. The number of hydrogen-bond donors (Lipinski definition) is 1. The molecule has 0 bridgehead atoms. The lowest BCUT2D eigenvalue weighted by atomic mass is 10.1. The summed E-state index contributed by atoms with van der Waals surface area (Å²) in [6, 6.07) is 16.1. The maximum atomic E-state index is 12.3. The third kappa shape index (κ3) is 9.04. The number of benzene rings is 2. The summed E-state index contributed by atoms with van der Waals surface area (Å²) >= 11 is 0. The number of carbonyl (C=O) groups is 1. The standard InChI is InChI=1S/C30H43N3O2/c1-3-4-5-6-7-8-9-10-13-23-33-28-16-12-11-15-27(28)32-29(33)17-14-22-31-30(34)24-25-18-20-26(35-2)21-19-25/h11-12,15-16,18-21H,3-10,13-14,17,22-24H2,1-2H3,(H,31,34). The van der Waals surface area contributed by atoms with Gasteiger partial charge in [-0.2, -0.15) is 0 Å². The SMILES string of the molecule is CCCCCCCCCCCn1c(CCCNC(=O)Cc2ccc(OC)cc2)nc2ccccc21. The minimum Gasteiger partial charge on any atom is -0.497 e. The van der Waals surface area contributed by atoms with Crippen molar-refractivity contribution < 1.29 is 9.53 Å². The third-order valence-electron chi connectivity index (χ3n) is 6.64. The molecule has 1 amide bonds. The molecule has 5 nitrogen and oxygen atoms in total. The van der Waals surface area contributed by atoms with E-state index in [4.69, 9.17) is 9.72 Å². The Labute approximate surface area is 211 Å². The fraction of sp³-hybridized carbons (Fsp3) is 0.533. The van der Waals surface area contributed by atoms with Gasteiger partial charge in [0.1, 0.15) is 11.6 Å². The molecule has 0 fully saturated rings. The van der Waals surface area contributed by atoms with E-state index >= 15 is 0 Å². The fourth-order valence-electron chi connectivity index (χ4n) is 4.61. The van der Waals surface area contributed by atoms with E-state index in [0.717, 1.165) is 42.0 Å². The van der Waals surface area contributed by atoms with Gasteiger partial charge in [-0.05, 0) is 42.7 Å². The van der Waals surface area contributed by atoms with Gasteiger partial charge in [0.25, 0.3) is 0 Å². The summed E-state index contributed by atoms with van der Waals surface area (Å²) in [5.74, 6) is 1.99. The number of rotatable bonds is 17. The normalized spacial score (nSPS) is 11.1. The van der Waals surface area contributed by atoms with E-state index in [0.29, 0.717) is 13.0 Å². The van der Waals surface area contributed by atoms with Crippen LogP contribution < -0.4 is 10.1 Å². The molecule has 1 N–H and O–H groups in total. The molecule has 0 spiro atoms. The molecule has 0 radical (unpaired) electrons. The topological polar surface area (TPSA) is 56.2 Å². The maximum absolute atomic E-state index is 12.3. The molecule has 0 aliphatic carbocycles. The Kier molecular flexibility index (Phi) is 11.7. The molecule has 3 rings (SSSR count). The molecule has 1 heterocycles. The number of unbranched alkanes of at least 4 members (excludes halogenated alkanes) is 8. The smallest absolute Gasteiger partial charge is 0.224 e. The van der Waals surface area contributed by atoms with Crippen molar-refractivity contribution in [2.24, 2.45) is 0 Å². The third-order valence-corrected chi connectivity index (χ3v) is 6.64. The molecule has 5 heteroatoms. The Hall–Kier alpha value is -2.82. The van der Waals surface area contributed by atoms with Crippen molar-refractivity contribution in [2.45, 2.75) is 90.5 Å². The lowest BCUT2D eigenvalue weighted by Gasteiger charge is -2.10. The van der Waals surface area contributed by atoms with Gasteiger partial charge in [0.15, 0.2) is 0 Å². The molecular formula is C30H43N3O2. The Morgan fingerprint density at radius 2 is 1.57 bits per heavy atom. The molecular weight excluding hydrogens is 434 g/mol. The summed E-state index contributed by atoms with van der Waals surface area (Å²) in [6.45, 7) is 3.96. The first-order chi connectivity index (χ1) is 17.2. The van der Waals surface area contributed by atoms with Crippen LogP contribution in [0.4, 0.5) is 0 Å². The molecule has 0 aliphatic rings. The van der Waals surface area contributed by atoms with E-state index in [1.807, 2.05) is 24.3 Å². The summed E-state index contributed by atoms with van der Waals surface area (Å²) in [5.41, 5.74) is 3.29. The van der Waals surface area contributed by atoms with Gasteiger partial charge in [-0.1, -0.05) is 82.6 Å². The predicted octanol–water partition coefficient (Wildman–Crippen LogP) is 6.87. The molecule has 0 saturated carbocycles. The van der Waals surface area contributed by atoms with Gasteiger partial charge >= 0.3 is 0 Å². The first kappa shape index (κ1) is 26.8. The number of fused-ring (bicyclic) bond motifs is 1. The number of carbonyl (C=O) groups excluding carboxylic acids is 1. The molecule has 190 valence electrons. The number of para-hydroxylation sites is 2. The first-order valence-electron chi connectivity index (χ1n) is 13.5. The van der Waals surface area contributed by atoms with Crippen molar-refractivity contribution in [3.05, 3.63) is 59.9 Å². The summed E-state index contributed by atoms with van der Waals surface area (Å²) in [4.78, 5) is 17.2. The van der Waals surface area contributed by atoms with Crippen LogP contribution >= 0.6 is 0 Å². The molecule has 1 aromatic heterocycles. The monoisotopic (exact) mass is 477 g/mol. The fourth-order valence-corrected chi connectivity index (χ4v) is 4.61. The average Bonchev–Trinajstić information content (AvgIpc) is 3.23. The van der Waals surface area contributed by atoms with E-state index in [-0.39, 0.29) is 5.91 Å². The highest BCUT2D eigenvalue weighted by atomic mass is 16.5. The van der Waals surface area contributed by atoms with Gasteiger partial charge in [0.05, 0.1) is 24.6 Å². The van der Waals surface area contributed by atoms with Crippen LogP contribution in [0.2, 0.25) is 0 Å². The van der Waals surface area contributed by atoms with Gasteiger partial charge in [-0.3, -0.25) is 4.79 Å². The van der Waals surface area contributed by atoms with Gasteiger partial charge < -0.3 is 14.6 Å². The van der Waals surface area contributed by atoms with Crippen molar-refractivity contribution >= 4 is 16.9 Å². The Morgan fingerprint density at radius 3 is 2.29 bits per heavy atom. The van der Waals surface area contributed by atoms with Gasteiger partial charge in [0.2, 0.25) is 5.91 Å². The molecule has 35 heavy (non-hydrogen) atoms. The van der Waals surface area contributed by atoms with Crippen molar-refractivity contribution in [1.82, 2.24) is 14.9 Å². The Balaban J connectivity index is 1.41. The van der Waals surface area contributed by atoms with Crippen molar-refractivity contribution in [3.63, 3.8) is 0 Å². The van der Waals surface area contributed by atoms with Crippen LogP contribution in [0.1, 0.15) is 82.5 Å². The number of aromatic nitrogens is 2. The molecule has 0 atom stereocenters. The highest BCUT2D eigenvalue weighted by Crippen LogP contribution is 2.19. The van der Waals surface area contributed by atoms with Gasteiger partial charge in [0, 0.05) is 19.5 Å². The lowest BCUT2D eigenvalue weighted by Crippen LogP contribution is -2.26. The number of hydrogen-bond acceptors (Lipinski definition) is 3. The van der Waals surface area contributed by atoms with Gasteiger partial charge in [-0.25, -0.2) is 4.98 Å². The number of imidazole rings is 1. The second-order valence-corrected chi connectivity index (χ2v) is 9.48. The first-order valence-corrected chi connectivity index (χ1v) is 13.5. The lowest BCUT2D eigenvalue weighted by molar-refractivity contribution is -0.120. The number of nitrogens with one attached hydrogen (secondary N) is 1. The second-order valence-electron chi connectivity index (χ2n) is 9.48. The predicted molar refractivity (Wildman–Crippen MR) is 145 cm³/mol. The molecule has 0 saturated heterocycles. The van der Waals surface area contributed by atoms with Gasteiger partial charge in [-0.15, -0.1) is 0 Å². The highest BCUT2D eigenvalue weighted by molar-refractivity contribution is 5.78. The van der Waals surface area contributed by atoms with Crippen LogP contribution in [0.5, 0.6) is 5.75 Å². The summed E-state index contributed by atoms with van der Waals surface area (Å²) in [5, 5.41) is 3.06. The minimum absolute atomic E-state index is 0.0540. The molecule has 2 aromatic carbocycles. The van der Waals surface area contributed by atoms with E-state index in [1.165, 1.54) is 63.3 Å². The van der Waals surface area contributed by atoms with E-state index < -0.39 is 0 Å². The van der Waals surface area contributed by atoms with Crippen LogP contribution in [0.25, 0.3) is 11.0 Å². The number of ether oxygens (including phenoxy) is 1. The van der Waals surface area contributed by atoms with Crippen LogP contribution in [-0.2, 0) is 24.2 Å². The van der Waals surface area contributed by atoms with E-state index in [1.54, 1.807) is 7.11 Å². The Morgan fingerprint density at radius 1 is 0.886 bits per heavy atom. The minimum atomic E-state index is 0.0540. The van der Waals surface area contributed by atoms with E-state index in [9.17, 15) is 4.79 Å². The summed E-state index contributed by atoms with van der Waals surface area (Å²) in [7, 11) is 1.65. The zero-order valence-electron chi connectivity index (χ0n) is 21.7. The highest BCUT2D eigenvalue weighted by Gasteiger charge is 2.10. The average molecular weight is 478 g/mol. The van der Waals surface area contributed by atoms with Crippen LogP contribution in [0, 0.1) is 0 Å². The van der Waals surface area contributed by atoms with Crippen LogP contribution in [0.3, 0.4) is 0 Å². The van der Waals surface area contributed by atoms with Crippen molar-refractivity contribution in [3.8, 4) is 5.75 Å². The maximum Gasteiger partial charge on any atom is 0.224 e. The molecule has 0 unspecified atom stereocenters. The van der Waals surface area contributed by atoms with Crippen LogP contribution in [-0.4, -0.2) is 29.1 Å². The second kappa shape index (κ2) is 15.2. The molecule has 0 aliphatic heterocycles. The summed E-state index contributed by atoms with van der Waals surface area (Å²) in [6.07, 6.45) is 14.2. The van der Waals surface area contributed by atoms with Crippen molar-refractivity contribution in [2.75, 3.05) is 13.7 Å². The largest absolute Gasteiger partial charge is 0.497 e. The quantitative estimate of drug-likeness (QED) is 0.216. The Bertz CT molecular complexity index is 1010. The van der Waals surface area contributed by atoms with E-state index in [2.05, 4.69) is 41.1 Å². The van der Waals surface area contributed by atoms with Crippen LogP contribution in [0.15, 0.2) is 48.5 Å².